The van der Waals surface area contributed by atoms with Crippen molar-refractivity contribution in [2.75, 3.05) is 6.61 Å². The summed E-state index contributed by atoms with van der Waals surface area (Å²) in [5, 5.41) is 21.2. The first-order chi connectivity index (χ1) is 20.6. The van der Waals surface area contributed by atoms with Crippen LogP contribution in [0.3, 0.4) is 0 Å². The molecule has 1 aliphatic heterocycles. The van der Waals surface area contributed by atoms with Crippen molar-refractivity contribution in [1.29, 1.82) is 0 Å². The molecule has 0 spiro atoms. The molecule has 1 N–H and O–H groups in total. The maximum absolute atomic E-state index is 17.5. The Morgan fingerprint density at radius 1 is 1.16 bits per heavy atom. The largest absolute Gasteiger partial charge is 0.454 e. The fraction of sp³-hybridized carbons (Fsp3) is 0.594. The van der Waals surface area contributed by atoms with Crippen molar-refractivity contribution >= 4 is 17.5 Å². The third-order valence-corrected chi connectivity index (χ3v) is 10.9. The van der Waals surface area contributed by atoms with Crippen molar-refractivity contribution in [3.05, 3.63) is 69.3 Å². The molecule has 0 aromatic heterocycles. The minimum atomic E-state index is -2.08. The summed E-state index contributed by atoms with van der Waals surface area (Å²) in [6, 6.07) is 5.78. The second kappa shape index (κ2) is 10.0. The standard InChI is InChI=1S/C32H36FNO10/c1-28(2)43-26-14-23-22-10-9-20-13-21(35)11-12-29(20,3)31(22,33)24(36)15-30(23,4)32(26,44-28)25(37)17-41-27(38)19-7-5-18(6-8-19)16-42-34(39)40/h5-8,11-13,22-24,26,36H,9-10,14-17H2,1-4H3/t22?,23-,24-,26+,29-,30-,31-,32+/m0/s1. The van der Waals surface area contributed by atoms with E-state index >= 15 is 4.39 Å². The Labute approximate surface area is 253 Å². The van der Waals surface area contributed by atoms with Gasteiger partial charge in [-0.25, -0.2) is 9.18 Å². The maximum Gasteiger partial charge on any atom is 0.338 e. The minimum absolute atomic E-state index is 0.0986. The lowest BCUT2D eigenvalue weighted by Crippen LogP contribution is -2.70. The van der Waals surface area contributed by atoms with Gasteiger partial charge in [0.1, 0.15) is 6.61 Å². The molecule has 1 aromatic rings. The predicted molar refractivity (Wildman–Crippen MR) is 150 cm³/mol. The highest BCUT2D eigenvalue weighted by molar-refractivity contribution is 6.01. The highest BCUT2D eigenvalue weighted by atomic mass is 19.1. The number of aliphatic hydroxyl groups is 1. The number of ether oxygens (including phenoxy) is 3. The van der Waals surface area contributed by atoms with Gasteiger partial charge < -0.3 is 24.2 Å². The summed E-state index contributed by atoms with van der Waals surface area (Å²) in [6.07, 6.45) is 3.26. The molecule has 0 radical (unpaired) electrons. The number of alkyl halides is 1. The highest BCUT2D eigenvalue weighted by Gasteiger charge is 2.80. The lowest BCUT2D eigenvalue weighted by Gasteiger charge is -2.62. The monoisotopic (exact) mass is 613 g/mol. The zero-order valence-corrected chi connectivity index (χ0v) is 25.0. The molecule has 44 heavy (non-hydrogen) atoms. The van der Waals surface area contributed by atoms with Gasteiger partial charge in [0.2, 0.25) is 5.78 Å². The van der Waals surface area contributed by atoms with E-state index in [2.05, 4.69) is 4.84 Å². The van der Waals surface area contributed by atoms with E-state index in [0.29, 0.717) is 30.4 Å². The van der Waals surface area contributed by atoms with E-state index in [1.165, 1.54) is 36.4 Å². The van der Waals surface area contributed by atoms with Crippen molar-refractivity contribution in [2.45, 2.75) is 89.2 Å². The number of nitrogens with zero attached hydrogens (tertiary/aromatic N) is 1. The fourth-order valence-electron chi connectivity index (χ4n) is 8.99. The van der Waals surface area contributed by atoms with Gasteiger partial charge in [-0.15, -0.1) is 10.1 Å². The number of halogens is 1. The topological polar surface area (TPSA) is 152 Å². The lowest BCUT2D eigenvalue weighted by molar-refractivity contribution is -0.763. The normalized spacial score (nSPS) is 39.8. The second-order valence-electron chi connectivity index (χ2n) is 13.5. The van der Waals surface area contributed by atoms with Crippen LogP contribution in [0.25, 0.3) is 0 Å². The van der Waals surface area contributed by atoms with E-state index in [0.717, 1.165) is 0 Å². The van der Waals surface area contributed by atoms with Gasteiger partial charge in [-0.05, 0) is 82.2 Å². The van der Waals surface area contributed by atoms with E-state index in [1.807, 2.05) is 6.92 Å². The number of Topliss-reactive ketones (excluding diaryl/α,β-unsaturated/α-hetero) is 1. The number of ketones is 2. The van der Waals surface area contributed by atoms with Crippen LogP contribution >= 0.6 is 0 Å². The van der Waals surface area contributed by atoms with E-state index in [4.69, 9.17) is 14.2 Å². The van der Waals surface area contributed by atoms with Crippen LogP contribution in [-0.2, 0) is 35.2 Å². The van der Waals surface area contributed by atoms with Crippen LogP contribution in [0.15, 0.2) is 48.1 Å². The van der Waals surface area contributed by atoms with Crippen LogP contribution in [0.5, 0.6) is 0 Å². The average molecular weight is 614 g/mol. The summed E-state index contributed by atoms with van der Waals surface area (Å²) >= 11 is 0. The van der Waals surface area contributed by atoms with Crippen LogP contribution < -0.4 is 0 Å². The quantitative estimate of drug-likeness (QED) is 0.272. The van der Waals surface area contributed by atoms with Gasteiger partial charge in [-0.1, -0.05) is 30.7 Å². The van der Waals surface area contributed by atoms with Crippen LogP contribution in [0, 0.1) is 32.8 Å². The summed E-state index contributed by atoms with van der Waals surface area (Å²) in [7, 11) is 0. The van der Waals surface area contributed by atoms with Crippen LogP contribution in [0.2, 0.25) is 0 Å². The van der Waals surface area contributed by atoms with Gasteiger partial charge in [0.25, 0.3) is 5.09 Å². The number of hydrogen-bond donors (Lipinski definition) is 1. The molecule has 11 nitrogen and oxygen atoms in total. The molecule has 5 aliphatic rings. The van der Waals surface area contributed by atoms with Crippen LogP contribution in [-0.4, -0.2) is 63.6 Å². The Hall–Kier alpha value is -3.48. The molecule has 1 unspecified atom stereocenters. The van der Waals surface area contributed by atoms with E-state index in [-0.39, 0.29) is 24.4 Å². The predicted octanol–water partition coefficient (Wildman–Crippen LogP) is 3.99. The second-order valence-corrected chi connectivity index (χ2v) is 13.5. The van der Waals surface area contributed by atoms with E-state index in [1.54, 1.807) is 26.8 Å². The molecule has 4 fully saturated rings. The van der Waals surface area contributed by atoms with Gasteiger partial charge in [0.05, 0.1) is 17.8 Å². The Kier molecular flexibility index (Phi) is 6.95. The van der Waals surface area contributed by atoms with E-state index < -0.39 is 75.4 Å². The molecule has 0 amide bonds. The van der Waals surface area contributed by atoms with Crippen molar-refractivity contribution in [1.82, 2.24) is 0 Å². The van der Waals surface area contributed by atoms with Gasteiger partial charge in [0.15, 0.2) is 29.4 Å². The zero-order valence-electron chi connectivity index (χ0n) is 25.0. The molecule has 1 saturated heterocycles. The molecule has 8 atom stereocenters. The number of rotatable bonds is 7. The molecular formula is C32H36FNO10. The van der Waals surface area contributed by atoms with Crippen molar-refractivity contribution in [2.24, 2.45) is 22.7 Å². The maximum atomic E-state index is 17.5. The van der Waals surface area contributed by atoms with Crippen LogP contribution in [0.1, 0.15) is 69.3 Å². The molecule has 3 saturated carbocycles. The molecular weight excluding hydrogens is 577 g/mol. The summed E-state index contributed by atoms with van der Waals surface area (Å²) in [6.45, 7) is 6.03. The molecule has 1 heterocycles. The number of benzene rings is 1. The van der Waals surface area contributed by atoms with Gasteiger partial charge in [0, 0.05) is 16.7 Å². The van der Waals surface area contributed by atoms with Crippen LogP contribution in [0.4, 0.5) is 4.39 Å². The first-order valence-corrected chi connectivity index (χ1v) is 14.8. The number of hydrogen-bond acceptors (Lipinski definition) is 10. The molecule has 1 aromatic carbocycles. The van der Waals surface area contributed by atoms with Gasteiger partial charge >= 0.3 is 5.97 Å². The minimum Gasteiger partial charge on any atom is -0.454 e. The summed E-state index contributed by atoms with van der Waals surface area (Å²) < 4.78 is 35.7. The fourth-order valence-corrected chi connectivity index (χ4v) is 8.99. The van der Waals surface area contributed by atoms with Gasteiger partial charge in [-0.2, -0.15) is 0 Å². The Bertz CT molecular complexity index is 1490. The van der Waals surface area contributed by atoms with E-state index in [9.17, 15) is 29.6 Å². The van der Waals surface area contributed by atoms with Crippen molar-refractivity contribution < 1.29 is 48.0 Å². The number of allylic oxidation sites excluding steroid dienone is 4. The number of aliphatic hydroxyl groups excluding tert-OH is 1. The van der Waals surface area contributed by atoms with Crippen molar-refractivity contribution in [3.8, 4) is 0 Å². The van der Waals surface area contributed by atoms with Crippen molar-refractivity contribution in [3.63, 3.8) is 0 Å². The molecule has 4 aliphatic carbocycles. The molecule has 236 valence electrons. The Morgan fingerprint density at radius 3 is 2.55 bits per heavy atom. The first kappa shape index (κ1) is 30.5. The average Bonchev–Trinajstić information content (AvgIpc) is 3.37. The SMILES string of the molecule is CC1(C)O[C@@H]2C[C@H]3C4CCC5=CC(=O)C=C[C@]5(C)[C@@]4(F)[C@@H](O)C[C@]3(C)[C@]2(C(=O)COC(=O)c2ccc(CO[N+](=O)[O-])cc2)O1. The number of esters is 1. The number of carbonyl (C=O) groups is 3. The summed E-state index contributed by atoms with van der Waals surface area (Å²) in [5.74, 6) is -3.73. The Balaban J connectivity index is 1.27. The smallest absolute Gasteiger partial charge is 0.338 e. The van der Waals surface area contributed by atoms with Gasteiger partial charge in [-0.3, -0.25) is 9.59 Å². The molecule has 12 heteroatoms. The number of fused-ring (bicyclic) bond motifs is 7. The molecule has 6 rings (SSSR count). The molecule has 0 bridgehead atoms. The first-order valence-electron chi connectivity index (χ1n) is 14.8. The number of carbonyl (C=O) groups excluding carboxylic acids is 3. The Morgan fingerprint density at radius 2 is 1.86 bits per heavy atom. The zero-order chi connectivity index (χ0) is 31.9. The third-order valence-electron chi connectivity index (χ3n) is 10.9. The third kappa shape index (κ3) is 4.21. The highest BCUT2D eigenvalue weighted by Crippen LogP contribution is 2.72. The lowest BCUT2D eigenvalue weighted by atomic mass is 9.44. The summed E-state index contributed by atoms with van der Waals surface area (Å²) in [5.41, 5.74) is -4.67. The summed E-state index contributed by atoms with van der Waals surface area (Å²) in [4.78, 5) is 54.0.